The van der Waals surface area contributed by atoms with Crippen molar-refractivity contribution >= 4 is 68.1 Å². The summed E-state index contributed by atoms with van der Waals surface area (Å²) in [5.74, 6) is -3.56. The van der Waals surface area contributed by atoms with Gasteiger partial charge in [-0.15, -0.1) is 4.91 Å². The average molecular weight is 634 g/mol. The molecule has 1 saturated heterocycles. The fourth-order valence-corrected chi connectivity index (χ4v) is 5.70. The summed E-state index contributed by atoms with van der Waals surface area (Å²) in [5.41, 5.74) is 4.00. The molecule has 0 saturated carbocycles. The molecular formula is C27H26ClF2N7O5S. The van der Waals surface area contributed by atoms with Crippen molar-refractivity contribution < 1.29 is 23.8 Å². The third kappa shape index (κ3) is 5.34. The minimum absolute atomic E-state index is 0.159. The molecule has 16 heteroatoms. The Morgan fingerprint density at radius 1 is 1.23 bits per heavy atom. The Morgan fingerprint density at radius 3 is 2.63 bits per heavy atom. The number of pyridine rings is 1. The number of nitrogens with zero attached hydrogens (tertiary/aromatic N) is 5. The number of halogens is 3. The summed E-state index contributed by atoms with van der Waals surface area (Å²) in [5, 5.41) is 23.4. The summed E-state index contributed by atoms with van der Waals surface area (Å²) in [4.78, 5) is 38.5. The number of thiocarbonyl (C=S) groups is 1. The van der Waals surface area contributed by atoms with Crippen molar-refractivity contribution in [3.63, 3.8) is 0 Å². The molecule has 2 aromatic heterocycles. The largest absolute Gasteiger partial charge is 0.493 e. The molecule has 1 unspecified atom stereocenters. The zero-order valence-corrected chi connectivity index (χ0v) is 24.5. The maximum absolute atomic E-state index is 16.0. The van der Waals surface area contributed by atoms with Gasteiger partial charge in [0.15, 0.2) is 5.82 Å². The number of piperazine rings is 1. The van der Waals surface area contributed by atoms with Crippen LogP contribution in [0.1, 0.15) is 24.2 Å². The van der Waals surface area contributed by atoms with Crippen LogP contribution in [-0.4, -0.2) is 61.0 Å². The number of hydrogen-bond acceptors (Lipinski definition) is 8. The topological polar surface area (TPSA) is 144 Å². The molecule has 0 bridgehead atoms. The van der Waals surface area contributed by atoms with Gasteiger partial charge in [-0.25, -0.2) is 13.6 Å². The smallest absolute Gasteiger partial charge is 0.341 e. The van der Waals surface area contributed by atoms with Crippen LogP contribution < -0.4 is 21.2 Å². The number of nitrogens with one attached hydrogen (secondary N) is 2. The van der Waals surface area contributed by atoms with Crippen LogP contribution in [0.4, 0.5) is 20.2 Å². The fraction of sp³-hybridized carbons (Fsp3) is 0.296. The number of nitroso groups, excluding NO2 is 1. The Balaban J connectivity index is 1.45. The summed E-state index contributed by atoms with van der Waals surface area (Å²) in [7, 11) is 0. The van der Waals surface area contributed by atoms with Crippen LogP contribution in [0.15, 0.2) is 40.4 Å². The van der Waals surface area contributed by atoms with Crippen molar-refractivity contribution in [1.29, 1.82) is 0 Å². The van der Waals surface area contributed by atoms with E-state index in [1.54, 1.807) is 34.6 Å². The quantitative estimate of drug-likeness (QED) is 0.131. The number of hydrazine groups is 1. The number of carbonyl (C=O) groups is 1. The van der Waals surface area contributed by atoms with Crippen LogP contribution >= 0.6 is 23.8 Å². The molecule has 5 rings (SSSR count). The van der Waals surface area contributed by atoms with E-state index >= 15 is 8.78 Å². The molecule has 12 nitrogen and oxygen atoms in total. The number of aryl methyl sites for hydroxylation is 1. The highest BCUT2D eigenvalue weighted by atomic mass is 35.5. The molecule has 43 heavy (non-hydrogen) atoms. The van der Waals surface area contributed by atoms with E-state index in [1.165, 1.54) is 4.57 Å². The second-order valence-electron chi connectivity index (χ2n) is 10.1. The Morgan fingerprint density at radius 2 is 1.98 bits per heavy atom. The van der Waals surface area contributed by atoms with Gasteiger partial charge in [0, 0.05) is 54.0 Å². The molecule has 1 aliphatic rings. The third-order valence-electron chi connectivity index (χ3n) is 7.58. The normalized spacial score (nSPS) is 15.7. The van der Waals surface area contributed by atoms with Crippen molar-refractivity contribution in [2.75, 3.05) is 30.0 Å². The van der Waals surface area contributed by atoms with Gasteiger partial charge in [-0.1, -0.05) is 11.6 Å². The number of hydrogen-bond donors (Lipinski definition) is 4. The molecule has 4 aromatic rings. The highest BCUT2D eigenvalue weighted by molar-refractivity contribution is 7.80. The molecule has 0 radical (unpaired) electrons. The summed E-state index contributed by atoms with van der Waals surface area (Å²) in [6.07, 6.45) is 1.07. The molecule has 226 valence electrons. The Bertz CT molecular complexity index is 1860. The predicted octanol–water partition coefficient (Wildman–Crippen LogP) is 4.45. The molecule has 4 N–H and O–H groups in total. The van der Waals surface area contributed by atoms with Gasteiger partial charge in [0.05, 0.1) is 23.1 Å². The summed E-state index contributed by atoms with van der Waals surface area (Å²) in [6, 6.07) is 5.67. The first-order chi connectivity index (χ1) is 20.5. The third-order valence-corrected chi connectivity index (χ3v) is 7.99. The number of rotatable bonds is 7. The summed E-state index contributed by atoms with van der Waals surface area (Å²) < 4.78 is 34.3. The number of fused-ring (bicyclic) bond motifs is 2. The first kappa shape index (κ1) is 30.1. The van der Waals surface area contributed by atoms with Crippen molar-refractivity contribution in [2.45, 2.75) is 33.1 Å². The number of benzene rings is 2. The first-order valence-corrected chi connectivity index (χ1v) is 13.9. The van der Waals surface area contributed by atoms with Gasteiger partial charge in [-0.2, -0.15) is 0 Å². The van der Waals surface area contributed by atoms with Crippen LogP contribution in [0.3, 0.4) is 0 Å². The number of aromatic carboxylic acids is 1. The average Bonchev–Trinajstić information content (AvgIpc) is 3.22. The SMILES string of the molecule is CCn1cc(C(=O)O)c(=O)c2cc(F)c(N3CCN(Cn4c(O)c(NNC(=S)N=O)c5cc(Cl)ccc54)C(C)C3)c(F)c21. The highest BCUT2D eigenvalue weighted by Crippen LogP contribution is 2.38. The molecule has 1 fully saturated rings. The fourth-order valence-electron chi connectivity index (χ4n) is 5.48. The van der Waals surface area contributed by atoms with Gasteiger partial charge in [0.25, 0.3) is 5.11 Å². The summed E-state index contributed by atoms with van der Waals surface area (Å²) in [6.45, 7) is 4.67. The van der Waals surface area contributed by atoms with Gasteiger partial charge in [-0.3, -0.25) is 25.1 Å². The van der Waals surface area contributed by atoms with Crippen molar-refractivity contribution in [3.8, 4) is 5.88 Å². The molecular weight excluding hydrogens is 608 g/mol. The minimum Gasteiger partial charge on any atom is -0.493 e. The molecule has 3 heterocycles. The van der Waals surface area contributed by atoms with E-state index < -0.39 is 28.6 Å². The molecule has 0 amide bonds. The number of anilines is 2. The van der Waals surface area contributed by atoms with E-state index in [4.69, 9.17) is 23.8 Å². The lowest BCUT2D eigenvalue weighted by Gasteiger charge is -2.41. The highest BCUT2D eigenvalue weighted by Gasteiger charge is 2.31. The zero-order valence-electron chi connectivity index (χ0n) is 22.9. The number of aromatic hydroxyl groups is 1. The van der Waals surface area contributed by atoms with Gasteiger partial charge in [-0.05, 0) is 50.3 Å². The molecule has 1 atom stereocenters. The van der Waals surface area contributed by atoms with Gasteiger partial charge in [0.2, 0.25) is 11.3 Å². The van der Waals surface area contributed by atoms with E-state index in [2.05, 4.69) is 16.0 Å². The number of carboxylic acid groups (broad SMARTS) is 1. The standard InChI is InChI=1S/C27H26ClF2N7O5S/c1-3-34-11-17(26(40)41)24(38)16-9-18(29)23(20(30)22(16)34)35-6-7-36(13(2)10-35)12-37-19-5-4-14(28)8-15(19)21(25(37)39)31-32-27(43)33-42/h4-5,8-9,11,13,31,39H,3,6-7,10,12H2,1-2H3,(H,32,43)(H,40,41). The van der Waals surface area contributed by atoms with E-state index in [-0.39, 0.29) is 65.6 Å². The van der Waals surface area contributed by atoms with Crippen LogP contribution in [-0.2, 0) is 13.2 Å². The van der Waals surface area contributed by atoms with Gasteiger partial charge < -0.3 is 19.7 Å². The van der Waals surface area contributed by atoms with E-state index in [0.717, 1.165) is 12.3 Å². The lowest BCUT2D eigenvalue weighted by atomic mass is 10.1. The molecule has 0 spiro atoms. The lowest BCUT2D eigenvalue weighted by Crippen LogP contribution is -2.52. The predicted molar refractivity (Wildman–Crippen MR) is 163 cm³/mol. The Hall–Kier alpha value is -4.34. The van der Waals surface area contributed by atoms with Gasteiger partial charge >= 0.3 is 5.97 Å². The van der Waals surface area contributed by atoms with Crippen LogP contribution in [0.5, 0.6) is 5.88 Å². The van der Waals surface area contributed by atoms with E-state index in [1.807, 2.05) is 11.8 Å². The lowest BCUT2D eigenvalue weighted by molar-refractivity contribution is 0.0694. The minimum atomic E-state index is -1.48. The van der Waals surface area contributed by atoms with Crippen molar-refractivity contribution in [3.05, 3.63) is 67.8 Å². The maximum Gasteiger partial charge on any atom is 0.341 e. The molecule has 1 aliphatic heterocycles. The van der Waals surface area contributed by atoms with E-state index in [0.29, 0.717) is 22.5 Å². The van der Waals surface area contributed by atoms with Crippen molar-refractivity contribution in [2.24, 2.45) is 5.18 Å². The number of carboxylic acids is 1. The van der Waals surface area contributed by atoms with E-state index in [9.17, 15) is 24.7 Å². The maximum atomic E-state index is 16.0. The van der Waals surface area contributed by atoms with Crippen LogP contribution in [0.25, 0.3) is 21.8 Å². The van der Waals surface area contributed by atoms with Gasteiger partial charge in [0.1, 0.15) is 22.8 Å². The molecule has 2 aromatic carbocycles. The van der Waals surface area contributed by atoms with Crippen molar-refractivity contribution in [1.82, 2.24) is 19.5 Å². The van der Waals surface area contributed by atoms with Crippen LogP contribution in [0, 0.1) is 16.5 Å². The Labute approximate surface area is 253 Å². The first-order valence-electron chi connectivity index (χ1n) is 13.1. The zero-order chi connectivity index (χ0) is 31.2. The number of aromatic nitrogens is 2. The van der Waals surface area contributed by atoms with Crippen LogP contribution in [0.2, 0.25) is 5.02 Å². The Kier molecular flexibility index (Phi) is 8.23. The monoisotopic (exact) mass is 633 g/mol. The second-order valence-corrected chi connectivity index (χ2v) is 10.9. The molecule has 0 aliphatic carbocycles. The summed E-state index contributed by atoms with van der Waals surface area (Å²) >= 11 is 10.9. The second kappa shape index (κ2) is 11.7.